The number of halogens is 1. The first-order valence-electron chi connectivity index (χ1n) is 11.6. The number of nitrogens with one attached hydrogen (secondary N) is 1. The maximum absolute atomic E-state index is 13.4. The van der Waals surface area contributed by atoms with Crippen LogP contribution in [0.3, 0.4) is 0 Å². The lowest BCUT2D eigenvalue weighted by Gasteiger charge is -2.27. The van der Waals surface area contributed by atoms with E-state index in [-0.39, 0.29) is 18.3 Å². The van der Waals surface area contributed by atoms with Crippen molar-refractivity contribution in [1.82, 2.24) is 15.1 Å². The molecule has 2 aromatic carbocycles. The number of carbonyl (C=O) groups excluding carboxylic acids is 1. The van der Waals surface area contributed by atoms with Crippen LogP contribution in [0, 0.1) is 12.8 Å². The summed E-state index contributed by atoms with van der Waals surface area (Å²) in [5, 5.41) is 27.9. The standard InChI is InChI=1S/C26H30ClN3O5/c1-14(2)13-35-20-7-6-16(11-21(20)34-4)25-22-23(17-12-18(27)15(3)10-19(17)32)28-29-24(22)26(33)30(25)8-5-9-31/h6-7,10-12,14,25,31-32H,5,8-9,13H2,1-4H3,(H,28,29). The molecule has 186 valence electrons. The molecule has 0 aliphatic carbocycles. The van der Waals surface area contributed by atoms with Gasteiger partial charge in [0, 0.05) is 29.3 Å². The van der Waals surface area contributed by atoms with Crippen LogP contribution in [0.2, 0.25) is 5.02 Å². The minimum Gasteiger partial charge on any atom is -0.507 e. The first kappa shape index (κ1) is 24.9. The van der Waals surface area contributed by atoms with E-state index in [1.54, 1.807) is 31.1 Å². The van der Waals surface area contributed by atoms with Crippen molar-refractivity contribution in [3.8, 4) is 28.5 Å². The number of aliphatic hydroxyl groups is 1. The highest BCUT2D eigenvalue weighted by Crippen LogP contribution is 2.46. The molecule has 1 aliphatic heterocycles. The quantitative estimate of drug-likeness (QED) is 0.393. The molecule has 4 rings (SSSR count). The largest absolute Gasteiger partial charge is 0.507 e. The smallest absolute Gasteiger partial charge is 0.273 e. The van der Waals surface area contributed by atoms with Crippen molar-refractivity contribution in [2.75, 3.05) is 26.9 Å². The molecule has 0 bridgehead atoms. The first-order chi connectivity index (χ1) is 16.8. The Hall–Kier alpha value is -3.23. The number of ether oxygens (including phenoxy) is 2. The van der Waals surface area contributed by atoms with Crippen LogP contribution < -0.4 is 9.47 Å². The molecule has 1 unspecified atom stereocenters. The molecule has 3 N–H and O–H groups in total. The number of aromatic nitrogens is 2. The highest BCUT2D eigenvalue weighted by molar-refractivity contribution is 6.31. The van der Waals surface area contributed by atoms with E-state index in [1.165, 1.54) is 0 Å². The third kappa shape index (κ3) is 4.68. The average molecular weight is 500 g/mol. The highest BCUT2D eigenvalue weighted by Gasteiger charge is 2.42. The molecule has 0 saturated carbocycles. The van der Waals surface area contributed by atoms with Crippen molar-refractivity contribution in [2.24, 2.45) is 5.92 Å². The topological polar surface area (TPSA) is 108 Å². The zero-order valence-electron chi connectivity index (χ0n) is 20.3. The molecular weight excluding hydrogens is 470 g/mol. The molecule has 0 spiro atoms. The summed E-state index contributed by atoms with van der Waals surface area (Å²) in [5.74, 6) is 1.32. The third-order valence-electron chi connectivity index (χ3n) is 6.03. The molecular formula is C26H30ClN3O5. The van der Waals surface area contributed by atoms with Crippen LogP contribution in [0.4, 0.5) is 0 Å². The van der Waals surface area contributed by atoms with Crippen LogP contribution in [-0.4, -0.2) is 58.1 Å². The van der Waals surface area contributed by atoms with Gasteiger partial charge in [0.25, 0.3) is 5.91 Å². The van der Waals surface area contributed by atoms with E-state index in [9.17, 15) is 15.0 Å². The molecule has 35 heavy (non-hydrogen) atoms. The number of amides is 1. The van der Waals surface area contributed by atoms with Gasteiger partial charge in [0.2, 0.25) is 0 Å². The lowest BCUT2D eigenvalue weighted by Crippen LogP contribution is -2.31. The molecule has 0 fully saturated rings. The summed E-state index contributed by atoms with van der Waals surface area (Å²) in [4.78, 5) is 15.1. The Bertz CT molecular complexity index is 1240. The second-order valence-electron chi connectivity index (χ2n) is 9.07. The monoisotopic (exact) mass is 499 g/mol. The maximum Gasteiger partial charge on any atom is 0.273 e. The van der Waals surface area contributed by atoms with Gasteiger partial charge in [-0.05, 0) is 54.7 Å². The van der Waals surface area contributed by atoms with Crippen LogP contribution in [0.1, 0.15) is 53.5 Å². The number of aromatic amines is 1. The lowest BCUT2D eigenvalue weighted by molar-refractivity contribution is 0.0732. The van der Waals surface area contributed by atoms with E-state index < -0.39 is 6.04 Å². The van der Waals surface area contributed by atoms with Gasteiger partial charge in [-0.2, -0.15) is 5.10 Å². The van der Waals surface area contributed by atoms with Crippen LogP contribution in [0.15, 0.2) is 30.3 Å². The number of fused-ring (bicyclic) bond motifs is 1. The average Bonchev–Trinajstić information content (AvgIpc) is 3.37. The van der Waals surface area contributed by atoms with Crippen molar-refractivity contribution in [1.29, 1.82) is 0 Å². The van der Waals surface area contributed by atoms with E-state index in [4.69, 9.17) is 21.1 Å². The van der Waals surface area contributed by atoms with E-state index in [1.807, 2.05) is 18.2 Å². The number of aryl methyl sites for hydroxylation is 1. The third-order valence-corrected chi connectivity index (χ3v) is 6.44. The van der Waals surface area contributed by atoms with Gasteiger partial charge < -0.3 is 24.6 Å². The second-order valence-corrected chi connectivity index (χ2v) is 9.48. The van der Waals surface area contributed by atoms with Crippen molar-refractivity contribution >= 4 is 17.5 Å². The Balaban J connectivity index is 1.84. The summed E-state index contributed by atoms with van der Waals surface area (Å²) in [6.07, 6.45) is 0.420. The van der Waals surface area contributed by atoms with Crippen molar-refractivity contribution in [3.05, 3.63) is 57.7 Å². The van der Waals surface area contributed by atoms with Gasteiger partial charge in [-0.15, -0.1) is 0 Å². The lowest BCUT2D eigenvalue weighted by atomic mass is 9.95. The van der Waals surface area contributed by atoms with E-state index >= 15 is 0 Å². The van der Waals surface area contributed by atoms with Crippen molar-refractivity contribution < 1.29 is 24.5 Å². The summed E-state index contributed by atoms with van der Waals surface area (Å²) >= 11 is 6.36. The number of methoxy groups -OCH3 is 1. The molecule has 9 heteroatoms. The Morgan fingerprint density at radius 1 is 1.23 bits per heavy atom. The van der Waals surface area contributed by atoms with Crippen LogP contribution >= 0.6 is 11.6 Å². The van der Waals surface area contributed by atoms with E-state index in [2.05, 4.69) is 24.0 Å². The molecule has 2 heterocycles. The summed E-state index contributed by atoms with van der Waals surface area (Å²) < 4.78 is 11.5. The normalized spacial score (nSPS) is 15.1. The Morgan fingerprint density at radius 3 is 2.69 bits per heavy atom. The SMILES string of the molecule is COc1cc(C2c3c(-c4cc(Cl)c(C)cc4O)n[nH]c3C(=O)N2CCCO)ccc1OCC(C)C. The molecule has 0 radical (unpaired) electrons. The molecule has 1 atom stereocenters. The minimum absolute atomic E-state index is 0.0243. The number of hydrogen-bond acceptors (Lipinski definition) is 6. The number of aromatic hydroxyl groups is 1. The van der Waals surface area contributed by atoms with Gasteiger partial charge in [-0.1, -0.05) is 31.5 Å². The van der Waals surface area contributed by atoms with Crippen molar-refractivity contribution in [2.45, 2.75) is 33.2 Å². The van der Waals surface area contributed by atoms with Gasteiger partial charge in [-0.25, -0.2) is 0 Å². The predicted octanol–water partition coefficient (Wildman–Crippen LogP) is 4.72. The number of H-pyrrole nitrogens is 1. The van der Waals surface area contributed by atoms with Crippen LogP contribution in [0.5, 0.6) is 17.2 Å². The van der Waals surface area contributed by atoms with Crippen LogP contribution in [0.25, 0.3) is 11.3 Å². The van der Waals surface area contributed by atoms with E-state index in [0.29, 0.717) is 64.5 Å². The van der Waals surface area contributed by atoms with Gasteiger partial charge in [0.15, 0.2) is 11.5 Å². The number of aliphatic hydroxyl groups excluding tert-OH is 1. The molecule has 8 nitrogen and oxygen atoms in total. The number of carbonyl (C=O) groups is 1. The molecule has 1 amide bonds. The predicted molar refractivity (Wildman–Crippen MR) is 133 cm³/mol. The second kappa shape index (κ2) is 10.2. The number of phenolic OH excluding ortho intramolecular Hbond substituents is 1. The highest BCUT2D eigenvalue weighted by atomic mass is 35.5. The first-order valence-corrected chi connectivity index (χ1v) is 11.9. The number of phenols is 1. The molecule has 0 saturated heterocycles. The minimum atomic E-state index is -0.509. The van der Waals surface area contributed by atoms with Crippen molar-refractivity contribution in [3.63, 3.8) is 0 Å². The Kier molecular flexibility index (Phi) is 7.23. The molecule has 1 aromatic heterocycles. The Labute approximate surface area is 209 Å². The number of benzene rings is 2. The van der Waals surface area contributed by atoms with Gasteiger partial charge in [-0.3, -0.25) is 9.89 Å². The number of nitrogens with zero attached hydrogens (tertiary/aromatic N) is 2. The zero-order chi connectivity index (χ0) is 25.3. The fourth-order valence-electron chi connectivity index (χ4n) is 4.31. The fourth-order valence-corrected chi connectivity index (χ4v) is 4.47. The molecule has 1 aliphatic rings. The summed E-state index contributed by atoms with van der Waals surface area (Å²) in [5.41, 5.74) is 3.40. The van der Waals surface area contributed by atoms with Gasteiger partial charge in [0.05, 0.1) is 19.8 Å². The Morgan fingerprint density at radius 2 is 2.00 bits per heavy atom. The molecule has 3 aromatic rings. The van der Waals surface area contributed by atoms with E-state index in [0.717, 1.165) is 11.1 Å². The zero-order valence-corrected chi connectivity index (χ0v) is 21.0. The number of rotatable bonds is 9. The van der Waals surface area contributed by atoms with Gasteiger partial charge >= 0.3 is 0 Å². The summed E-state index contributed by atoms with van der Waals surface area (Å²) in [7, 11) is 1.58. The number of hydrogen-bond donors (Lipinski definition) is 3. The fraction of sp³-hybridized carbons (Fsp3) is 0.385. The van der Waals surface area contributed by atoms with Gasteiger partial charge in [0.1, 0.15) is 17.1 Å². The maximum atomic E-state index is 13.4. The summed E-state index contributed by atoms with van der Waals surface area (Å²) in [6.45, 7) is 6.78. The summed E-state index contributed by atoms with van der Waals surface area (Å²) in [6, 6.07) is 8.32. The van der Waals surface area contributed by atoms with Crippen LogP contribution in [-0.2, 0) is 0 Å².